The van der Waals surface area contributed by atoms with Crippen LogP contribution in [0.5, 0.6) is 0 Å². The number of hydrogen-bond acceptors (Lipinski definition) is 4. The van der Waals surface area contributed by atoms with Gasteiger partial charge in [-0.15, -0.1) is 0 Å². The van der Waals surface area contributed by atoms with Gasteiger partial charge in [0.25, 0.3) is 5.91 Å². The van der Waals surface area contributed by atoms with Gasteiger partial charge in [-0.05, 0) is 56.4 Å². The van der Waals surface area contributed by atoms with Crippen molar-refractivity contribution in [3.05, 3.63) is 41.5 Å². The summed E-state index contributed by atoms with van der Waals surface area (Å²) in [5.41, 5.74) is 2.13. The molecular weight excluding hydrogens is 352 g/mol. The van der Waals surface area contributed by atoms with Gasteiger partial charge in [-0.3, -0.25) is 9.59 Å². The zero-order valence-corrected chi connectivity index (χ0v) is 15.7. The van der Waals surface area contributed by atoms with Crippen molar-refractivity contribution >= 4 is 27.5 Å². The number of benzene rings is 1. The van der Waals surface area contributed by atoms with Crippen molar-refractivity contribution in [3.63, 3.8) is 0 Å². The molecule has 0 unspecified atom stereocenters. The predicted octanol–water partition coefficient (Wildman–Crippen LogP) is 2.62. The van der Waals surface area contributed by atoms with Gasteiger partial charge in [0.15, 0.2) is 0 Å². The largest absolute Gasteiger partial charge is 0.352 e. The minimum atomic E-state index is -3.62. The van der Waals surface area contributed by atoms with Gasteiger partial charge in [0.1, 0.15) is 0 Å². The first-order valence-electron chi connectivity index (χ1n) is 9.01. The summed E-state index contributed by atoms with van der Waals surface area (Å²) >= 11 is 0. The van der Waals surface area contributed by atoms with Gasteiger partial charge < -0.3 is 5.32 Å². The third-order valence-corrected chi connectivity index (χ3v) is 6.71. The van der Waals surface area contributed by atoms with Gasteiger partial charge in [-0.1, -0.05) is 18.6 Å². The van der Waals surface area contributed by atoms with Gasteiger partial charge in [-0.25, -0.2) is 12.7 Å². The quantitative estimate of drug-likeness (QED) is 0.801. The zero-order valence-electron chi connectivity index (χ0n) is 14.9. The van der Waals surface area contributed by atoms with Crippen molar-refractivity contribution in [2.75, 3.05) is 16.6 Å². The first-order chi connectivity index (χ1) is 12.4. The topological polar surface area (TPSA) is 83.6 Å². The van der Waals surface area contributed by atoms with Gasteiger partial charge >= 0.3 is 0 Å². The van der Waals surface area contributed by atoms with Crippen LogP contribution in [0.1, 0.15) is 49.4 Å². The summed E-state index contributed by atoms with van der Waals surface area (Å²) in [6.45, 7) is 2.19. The highest BCUT2D eigenvalue weighted by atomic mass is 32.2. The number of amides is 2. The molecule has 1 aromatic carbocycles. The number of allylic oxidation sites excluding steroid dienone is 1. The van der Waals surface area contributed by atoms with E-state index in [1.54, 1.807) is 19.1 Å². The van der Waals surface area contributed by atoms with Gasteiger partial charge in [0.2, 0.25) is 15.9 Å². The van der Waals surface area contributed by atoms with Crippen molar-refractivity contribution in [3.8, 4) is 0 Å². The maximum Gasteiger partial charge on any atom is 0.251 e. The van der Waals surface area contributed by atoms with Crippen LogP contribution in [0.3, 0.4) is 0 Å². The van der Waals surface area contributed by atoms with Crippen LogP contribution >= 0.6 is 0 Å². The Labute approximate surface area is 154 Å². The van der Waals surface area contributed by atoms with Crippen molar-refractivity contribution < 1.29 is 18.0 Å². The van der Waals surface area contributed by atoms with Gasteiger partial charge in [-0.2, -0.15) is 0 Å². The van der Waals surface area contributed by atoms with E-state index in [0.29, 0.717) is 12.1 Å². The lowest BCUT2D eigenvalue weighted by Crippen LogP contribution is -2.30. The normalized spacial score (nSPS) is 22.2. The summed E-state index contributed by atoms with van der Waals surface area (Å²) in [6, 6.07) is 6.12. The highest BCUT2D eigenvalue weighted by Crippen LogP contribution is 2.28. The molecule has 1 atom stereocenters. The number of hydrogen-bond donors (Lipinski definition) is 1. The second-order valence-electron chi connectivity index (χ2n) is 6.94. The molecule has 26 heavy (non-hydrogen) atoms. The van der Waals surface area contributed by atoms with Crippen LogP contribution in [-0.2, 0) is 14.8 Å². The number of rotatable bonds is 5. The second kappa shape index (κ2) is 7.61. The Morgan fingerprint density at radius 2 is 1.96 bits per heavy atom. The molecule has 140 valence electrons. The first kappa shape index (κ1) is 18.6. The van der Waals surface area contributed by atoms with Crippen molar-refractivity contribution in [1.82, 2.24) is 5.32 Å². The van der Waals surface area contributed by atoms with E-state index < -0.39 is 21.8 Å². The monoisotopic (exact) mass is 376 g/mol. The Morgan fingerprint density at radius 3 is 2.54 bits per heavy atom. The number of anilines is 1. The van der Waals surface area contributed by atoms with Crippen molar-refractivity contribution in [2.24, 2.45) is 5.92 Å². The summed E-state index contributed by atoms with van der Waals surface area (Å²) < 4.78 is 25.1. The Balaban J connectivity index is 1.61. The van der Waals surface area contributed by atoms with E-state index in [1.807, 2.05) is 0 Å². The minimum Gasteiger partial charge on any atom is -0.352 e. The maximum atomic E-state index is 12.2. The molecule has 2 aliphatic rings. The summed E-state index contributed by atoms with van der Waals surface area (Å²) in [7, 11) is -3.62. The molecule has 3 rings (SSSR count). The number of nitrogens with zero attached hydrogens (tertiary/aromatic N) is 1. The van der Waals surface area contributed by atoms with Crippen molar-refractivity contribution in [1.29, 1.82) is 0 Å². The lowest BCUT2D eigenvalue weighted by molar-refractivity contribution is -0.119. The zero-order chi connectivity index (χ0) is 18.7. The SMILES string of the molecule is C[C@H]1CS(=O)(=O)N(c2ccc(C(=O)NCCC3=CCCCC3)cc2)C1=O. The molecular formula is C19H24N2O4S. The maximum absolute atomic E-state index is 12.2. The van der Waals surface area contributed by atoms with E-state index in [0.717, 1.165) is 23.6 Å². The Bertz CT molecular complexity index is 828. The Morgan fingerprint density at radius 1 is 1.23 bits per heavy atom. The van der Waals surface area contributed by atoms with E-state index in [4.69, 9.17) is 0 Å². The molecule has 0 radical (unpaired) electrons. The molecule has 1 aliphatic heterocycles. The molecule has 7 heteroatoms. The minimum absolute atomic E-state index is 0.177. The molecule has 1 N–H and O–H groups in total. The van der Waals surface area contributed by atoms with Crippen LogP contribution in [0, 0.1) is 5.92 Å². The van der Waals surface area contributed by atoms with Crippen LogP contribution in [0.2, 0.25) is 0 Å². The number of nitrogens with one attached hydrogen (secondary N) is 1. The fourth-order valence-electron chi connectivity index (χ4n) is 3.41. The molecule has 0 bridgehead atoms. The van der Waals surface area contributed by atoms with E-state index >= 15 is 0 Å². The summed E-state index contributed by atoms with van der Waals surface area (Å²) in [5, 5.41) is 2.89. The second-order valence-corrected chi connectivity index (χ2v) is 8.81. The third kappa shape index (κ3) is 3.98. The van der Waals surface area contributed by atoms with Crippen LogP contribution < -0.4 is 9.62 Å². The average molecular weight is 376 g/mol. The van der Waals surface area contributed by atoms with Gasteiger partial charge in [0, 0.05) is 12.1 Å². The molecule has 0 spiro atoms. The number of carbonyl (C=O) groups excluding carboxylic acids is 2. The molecule has 6 nitrogen and oxygen atoms in total. The highest BCUT2D eigenvalue weighted by molar-refractivity contribution is 7.94. The lowest BCUT2D eigenvalue weighted by atomic mass is 9.97. The molecule has 0 saturated carbocycles. The molecule has 1 saturated heterocycles. The lowest BCUT2D eigenvalue weighted by Gasteiger charge is -2.16. The first-order valence-corrected chi connectivity index (χ1v) is 10.6. The highest BCUT2D eigenvalue weighted by Gasteiger charge is 2.41. The molecule has 1 aromatic rings. The fourth-order valence-corrected chi connectivity index (χ4v) is 5.23. The van der Waals surface area contributed by atoms with Crippen LogP contribution in [0.25, 0.3) is 0 Å². The number of sulfonamides is 1. The van der Waals surface area contributed by atoms with E-state index in [-0.39, 0.29) is 17.3 Å². The fraction of sp³-hybridized carbons (Fsp3) is 0.474. The summed E-state index contributed by atoms with van der Waals surface area (Å²) in [5.74, 6) is -1.35. The standard InChI is InChI=1S/C19H24N2O4S/c1-14-13-26(24,25)21(19(14)23)17-9-7-16(8-10-17)18(22)20-12-11-15-5-3-2-4-6-15/h5,7-10,14H,2-4,6,11-13H2,1H3,(H,20,22)/t14-/m0/s1. The summed E-state index contributed by atoms with van der Waals surface area (Å²) in [4.78, 5) is 24.3. The number of carbonyl (C=O) groups is 2. The Hall–Kier alpha value is -2.15. The Kier molecular flexibility index (Phi) is 5.46. The smallest absolute Gasteiger partial charge is 0.251 e. The van der Waals surface area contributed by atoms with Crippen LogP contribution in [0.4, 0.5) is 5.69 Å². The van der Waals surface area contributed by atoms with Gasteiger partial charge in [0.05, 0.1) is 17.4 Å². The molecule has 0 aromatic heterocycles. The van der Waals surface area contributed by atoms with Crippen LogP contribution in [-0.4, -0.2) is 32.5 Å². The molecule has 1 fully saturated rings. The molecule has 2 amide bonds. The molecule has 1 aliphatic carbocycles. The van der Waals surface area contributed by atoms with E-state index in [9.17, 15) is 18.0 Å². The summed E-state index contributed by atoms with van der Waals surface area (Å²) in [6.07, 6.45) is 7.83. The predicted molar refractivity (Wildman–Crippen MR) is 100 cm³/mol. The van der Waals surface area contributed by atoms with Crippen molar-refractivity contribution in [2.45, 2.75) is 39.0 Å². The van der Waals surface area contributed by atoms with Crippen LogP contribution in [0.15, 0.2) is 35.9 Å². The average Bonchev–Trinajstić information content (AvgIpc) is 2.83. The third-order valence-electron chi connectivity index (χ3n) is 4.84. The molecule has 1 heterocycles. The van der Waals surface area contributed by atoms with E-state index in [1.165, 1.54) is 30.5 Å². The van der Waals surface area contributed by atoms with E-state index in [2.05, 4.69) is 11.4 Å².